The van der Waals surface area contributed by atoms with Gasteiger partial charge in [-0.25, -0.2) is 4.79 Å². The standard InChI is InChI=1S/C21H18O5/c1-14(22)26-20-12-16(21(23)24-2)11-18-17(20)9-6-10-19(18)25-13-15-7-4-3-5-8-15/h3-12H,13H2,1-2H3. The fourth-order valence-corrected chi connectivity index (χ4v) is 2.66. The maximum absolute atomic E-state index is 12.0. The van der Waals surface area contributed by atoms with Crippen molar-refractivity contribution >= 4 is 22.7 Å². The summed E-state index contributed by atoms with van der Waals surface area (Å²) in [4.78, 5) is 23.4. The molecule has 0 atom stereocenters. The molecule has 5 nitrogen and oxygen atoms in total. The Labute approximate surface area is 151 Å². The molecule has 0 unspecified atom stereocenters. The third kappa shape index (κ3) is 3.83. The van der Waals surface area contributed by atoms with Gasteiger partial charge in [0.25, 0.3) is 0 Å². The second kappa shape index (κ2) is 7.70. The highest BCUT2D eigenvalue weighted by atomic mass is 16.5. The first kappa shape index (κ1) is 17.5. The lowest BCUT2D eigenvalue weighted by atomic mass is 10.0. The number of methoxy groups -OCH3 is 1. The van der Waals surface area contributed by atoms with E-state index in [0.29, 0.717) is 28.9 Å². The predicted octanol–water partition coefficient (Wildman–Crippen LogP) is 4.13. The third-order valence-corrected chi connectivity index (χ3v) is 3.83. The molecule has 0 bridgehead atoms. The Morgan fingerprint density at radius 3 is 2.35 bits per heavy atom. The Balaban J connectivity index is 2.05. The smallest absolute Gasteiger partial charge is 0.338 e. The molecule has 3 rings (SSSR count). The van der Waals surface area contributed by atoms with Crippen LogP contribution in [0.25, 0.3) is 10.8 Å². The summed E-state index contributed by atoms with van der Waals surface area (Å²) in [5.74, 6) is -0.104. The highest BCUT2D eigenvalue weighted by molar-refractivity contribution is 6.01. The number of carbonyl (C=O) groups is 2. The first-order valence-corrected chi connectivity index (χ1v) is 8.08. The lowest BCUT2D eigenvalue weighted by molar-refractivity contribution is -0.131. The minimum absolute atomic E-state index is 0.284. The highest BCUT2D eigenvalue weighted by Gasteiger charge is 2.15. The van der Waals surface area contributed by atoms with Crippen LogP contribution in [0.4, 0.5) is 0 Å². The van der Waals surface area contributed by atoms with Crippen LogP contribution in [0.3, 0.4) is 0 Å². The maximum Gasteiger partial charge on any atom is 0.338 e. The molecule has 0 aliphatic carbocycles. The van der Waals surface area contributed by atoms with Gasteiger partial charge >= 0.3 is 11.9 Å². The van der Waals surface area contributed by atoms with E-state index >= 15 is 0 Å². The molecule has 3 aromatic rings. The van der Waals surface area contributed by atoms with E-state index in [1.807, 2.05) is 48.5 Å². The molecule has 0 N–H and O–H groups in total. The zero-order chi connectivity index (χ0) is 18.5. The first-order valence-electron chi connectivity index (χ1n) is 8.08. The van der Waals surface area contributed by atoms with E-state index in [0.717, 1.165) is 5.56 Å². The van der Waals surface area contributed by atoms with Crippen LogP contribution in [0, 0.1) is 0 Å². The summed E-state index contributed by atoms with van der Waals surface area (Å²) >= 11 is 0. The molecule has 0 aromatic heterocycles. The van der Waals surface area contributed by atoms with Crippen LogP contribution < -0.4 is 9.47 Å². The van der Waals surface area contributed by atoms with E-state index < -0.39 is 11.9 Å². The molecule has 5 heteroatoms. The number of rotatable bonds is 5. The molecule has 0 saturated heterocycles. The molecule has 0 saturated carbocycles. The van der Waals surface area contributed by atoms with Gasteiger partial charge in [-0.05, 0) is 23.8 Å². The van der Waals surface area contributed by atoms with E-state index in [9.17, 15) is 9.59 Å². The number of benzene rings is 3. The molecule has 0 aliphatic rings. The molecule has 0 amide bonds. The quantitative estimate of drug-likeness (QED) is 0.511. The zero-order valence-electron chi connectivity index (χ0n) is 14.5. The van der Waals surface area contributed by atoms with E-state index in [1.54, 1.807) is 6.07 Å². The van der Waals surface area contributed by atoms with E-state index in [-0.39, 0.29) is 5.56 Å². The van der Waals surface area contributed by atoms with Crippen molar-refractivity contribution in [3.05, 3.63) is 71.8 Å². The van der Waals surface area contributed by atoms with Gasteiger partial charge in [-0.2, -0.15) is 0 Å². The molecule has 0 radical (unpaired) electrons. The summed E-state index contributed by atoms with van der Waals surface area (Å²) in [6, 6.07) is 18.4. The Hall–Kier alpha value is -3.34. The largest absolute Gasteiger partial charge is 0.488 e. The molecule has 0 fully saturated rings. The molecule has 0 aliphatic heterocycles. The Morgan fingerprint density at radius 1 is 0.885 bits per heavy atom. The van der Waals surface area contributed by atoms with Gasteiger partial charge in [-0.1, -0.05) is 42.5 Å². The Morgan fingerprint density at radius 2 is 1.65 bits per heavy atom. The van der Waals surface area contributed by atoms with Gasteiger partial charge in [0.1, 0.15) is 18.1 Å². The van der Waals surface area contributed by atoms with Crippen LogP contribution in [0.15, 0.2) is 60.7 Å². The van der Waals surface area contributed by atoms with Crippen LogP contribution in [-0.4, -0.2) is 19.0 Å². The number of ether oxygens (including phenoxy) is 3. The van der Waals surface area contributed by atoms with Crippen molar-refractivity contribution in [3.63, 3.8) is 0 Å². The van der Waals surface area contributed by atoms with E-state index in [1.165, 1.54) is 20.1 Å². The van der Waals surface area contributed by atoms with Crippen LogP contribution in [0.5, 0.6) is 11.5 Å². The van der Waals surface area contributed by atoms with Crippen LogP contribution in [-0.2, 0) is 16.1 Å². The van der Waals surface area contributed by atoms with Gasteiger partial charge in [0.05, 0.1) is 12.7 Å². The second-order valence-electron chi connectivity index (χ2n) is 5.69. The lowest BCUT2D eigenvalue weighted by Gasteiger charge is -2.13. The predicted molar refractivity (Wildman–Crippen MR) is 97.4 cm³/mol. The number of fused-ring (bicyclic) bond motifs is 1. The fraction of sp³-hybridized carbons (Fsp3) is 0.143. The fourth-order valence-electron chi connectivity index (χ4n) is 2.66. The molecule has 132 valence electrons. The van der Waals surface area contributed by atoms with Gasteiger partial charge in [0, 0.05) is 17.7 Å². The highest BCUT2D eigenvalue weighted by Crippen LogP contribution is 2.34. The van der Waals surface area contributed by atoms with E-state index in [2.05, 4.69) is 0 Å². The molecule has 0 heterocycles. The summed E-state index contributed by atoms with van der Waals surface area (Å²) in [6.07, 6.45) is 0. The zero-order valence-corrected chi connectivity index (χ0v) is 14.5. The minimum Gasteiger partial charge on any atom is -0.488 e. The van der Waals surface area contributed by atoms with Crippen LogP contribution in [0.2, 0.25) is 0 Å². The number of carbonyl (C=O) groups excluding carboxylic acids is 2. The Bertz CT molecular complexity index is 947. The van der Waals surface area contributed by atoms with Crippen molar-refractivity contribution in [3.8, 4) is 11.5 Å². The van der Waals surface area contributed by atoms with Gasteiger partial charge in [-0.3, -0.25) is 4.79 Å². The first-order chi connectivity index (χ1) is 12.6. The number of hydrogen-bond acceptors (Lipinski definition) is 5. The topological polar surface area (TPSA) is 61.8 Å². The summed E-state index contributed by atoms with van der Waals surface area (Å²) in [5.41, 5.74) is 1.31. The maximum atomic E-state index is 12.0. The average Bonchev–Trinajstić information content (AvgIpc) is 2.66. The minimum atomic E-state index is -0.516. The van der Waals surface area contributed by atoms with Crippen molar-refractivity contribution in [2.45, 2.75) is 13.5 Å². The molecular formula is C21H18O5. The van der Waals surface area contributed by atoms with E-state index in [4.69, 9.17) is 14.2 Å². The van der Waals surface area contributed by atoms with Crippen molar-refractivity contribution in [2.24, 2.45) is 0 Å². The number of esters is 2. The average molecular weight is 350 g/mol. The van der Waals surface area contributed by atoms with Crippen molar-refractivity contribution in [1.29, 1.82) is 0 Å². The van der Waals surface area contributed by atoms with Crippen molar-refractivity contribution in [1.82, 2.24) is 0 Å². The second-order valence-corrected chi connectivity index (χ2v) is 5.69. The van der Waals surface area contributed by atoms with Gasteiger partial charge in [-0.15, -0.1) is 0 Å². The molecule has 3 aromatic carbocycles. The molecule has 26 heavy (non-hydrogen) atoms. The SMILES string of the molecule is COC(=O)c1cc(OC(C)=O)c2cccc(OCc3ccccc3)c2c1. The molecule has 0 spiro atoms. The molecular weight excluding hydrogens is 332 g/mol. The monoisotopic (exact) mass is 350 g/mol. The van der Waals surface area contributed by atoms with Crippen molar-refractivity contribution in [2.75, 3.05) is 7.11 Å². The van der Waals surface area contributed by atoms with Crippen LogP contribution in [0.1, 0.15) is 22.8 Å². The normalized spacial score (nSPS) is 10.4. The number of hydrogen-bond donors (Lipinski definition) is 0. The lowest BCUT2D eigenvalue weighted by Crippen LogP contribution is -2.06. The van der Waals surface area contributed by atoms with Gasteiger partial charge in [0.15, 0.2) is 0 Å². The Kier molecular flexibility index (Phi) is 5.17. The summed E-state index contributed by atoms with van der Waals surface area (Å²) in [7, 11) is 1.30. The summed E-state index contributed by atoms with van der Waals surface area (Å²) < 4.78 is 16.0. The van der Waals surface area contributed by atoms with Crippen molar-refractivity contribution < 1.29 is 23.8 Å². The summed E-state index contributed by atoms with van der Waals surface area (Å²) in [5, 5.41) is 1.35. The third-order valence-electron chi connectivity index (χ3n) is 3.83. The van der Waals surface area contributed by atoms with Gasteiger partial charge in [0.2, 0.25) is 0 Å². The summed E-state index contributed by atoms with van der Waals surface area (Å²) in [6.45, 7) is 1.69. The van der Waals surface area contributed by atoms with Crippen LogP contribution >= 0.6 is 0 Å². The van der Waals surface area contributed by atoms with Gasteiger partial charge < -0.3 is 14.2 Å².